The van der Waals surface area contributed by atoms with E-state index in [0.717, 1.165) is 77.0 Å². The number of esters is 1. The van der Waals surface area contributed by atoms with Crippen molar-refractivity contribution in [1.29, 1.82) is 0 Å². The van der Waals surface area contributed by atoms with Crippen molar-refractivity contribution in [3.8, 4) is 0 Å². The molecule has 1 rings (SSSR count). The smallest absolute Gasteiger partial charge is 0.306 e. The second-order valence-corrected chi connectivity index (χ2v) is 16.9. The zero-order chi connectivity index (χ0) is 45.0. The molecule has 0 aliphatic carbocycles. The molecule has 1 aliphatic heterocycles. The molecule has 0 saturated carbocycles. The maximum absolute atomic E-state index is 12.8. The van der Waals surface area contributed by atoms with E-state index >= 15 is 0 Å². The third-order valence-electron chi connectivity index (χ3n) is 11.1. The Labute approximate surface area is 378 Å². The number of hydrogen-bond acceptors (Lipinski definition) is 9. The van der Waals surface area contributed by atoms with Gasteiger partial charge in [-0.1, -0.05) is 177 Å². The summed E-state index contributed by atoms with van der Waals surface area (Å²) in [6.07, 6.45) is 50.7. The third-order valence-corrected chi connectivity index (χ3v) is 11.1. The topological polar surface area (TPSA) is 135 Å². The fraction of sp³-hybridized carbons (Fsp3) is 0.755. The fourth-order valence-corrected chi connectivity index (χ4v) is 7.22. The maximum Gasteiger partial charge on any atom is 0.306 e. The van der Waals surface area contributed by atoms with Gasteiger partial charge in [0.05, 0.1) is 19.8 Å². The fourth-order valence-electron chi connectivity index (χ4n) is 7.22. The SMILES string of the molecule is CC/C=C\C/C=C\C/C=C\C/C=C\CCCCCCCCC(=O)OC(COCCCCCCCCCCCC/C=C\C/C=C\CCCCC)COC1OC(CO)C(O)C(O)C1O. The second-order valence-electron chi connectivity index (χ2n) is 16.9. The molecule has 1 aliphatic rings. The third kappa shape index (κ3) is 34.1. The van der Waals surface area contributed by atoms with Crippen molar-refractivity contribution in [1.82, 2.24) is 0 Å². The molecule has 62 heavy (non-hydrogen) atoms. The van der Waals surface area contributed by atoms with Crippen LogP contribution in [0.25, 0.3) is 0 Å². The normalized spacial score (nSPS) is 20.4. The molecule has 4 N–H and O–H groups in total. The summed E-state index contributed by atoms with van der Waals surface area (Å²) in [6.45, 7) is 4.40. The highest BCUT2D eigenvalue weighted by atomic mass is 16.7. The molecule has 0 radical (unpaired) electrons. The quantitative estimate of drug-likeness (QED) is 0.0269. The largest absolute Gasteiger partial charge is 0.457 e. The second kappa shape index (κ2) is 43.9. The molecule has 1 saturated heterocycles. The van der Waals surface area contributed by atoms with Crippen molar-refractivity contribution in [2.24, 2.45) is 0 Å². The van der Waals surface area contributed by atoms with Gasteiger partial charge in [0.25, 0.3) is 0 Å². The van der Waals surface area contributed by atoms with Gasteiger partial charge in [-0.3, -0.25) is 4.79 Å². The van der Waals surface area contributed by atoms with E-state index in [-0.39, 0.29) is 19.2 Å². The number of carbonyl (C=O) groups is 1. The van der Waals surface area contributed by atoms with Crippen LogP contribution in [0, 0.1) is 0 Å². The molecule has 1 heterocycles. The summed E-state index contributed by atoms with van der Waals surface area (Å²) in [5.74, 6) is -0.330. The zero-order valence-electron chi connectivity index (χ0n) is 39.3. The summed E-state index contributed by atoms with van der Waals surface area (Å²) in [7, 11) is 0. The number of carbonyl (C=O) groups excluding carboxylic acids is 1. The number of hydrogen-bond donors (Lipinski definition) is 4. The minimum absolute atomic E-state index is 0.124. The molecule has 0 aromatic rings. The first-order chi connectivity index (χ1) is 30.4. The molecule has 0 aromatic carbocycles. The first kappa shape index (κ1) is 57.6. The van der Waals surface area contributed by atoms with Crippen molar-refractivity contribution in [3.63, 3.8) is 0 Å². The summed E-state index contributed by atoms with van der Waals surface area (Å²) in [6, 6.07) is 0. The number of unbranched alkanes of at least 4 members (excludes halogenated alkanes) is 19. The molecule has 0 spiro atoms. The van der Waals surface area contributed by atoms with Crippen molar-refractivity contribution in [2.45, 2.75) is 230 Å². The van der Waals surface area contributed by atoms with Crippen LogP contribution in [-0.4, -0.2) is 89.6 Å². The van der Waals surface area contributed by atoms with Gasteiger partial charge in [0.2, 0.25) is 0 Å². The lowest BCUT2D eigenvalue weighted by molar-refractivity contribution is -0.305. The predicted octanol–water partition coefficient (Wildman–Crippen LogP) is 12.0. The molecule has 0 aromatic heterocycles. The lowest BCUT2D eigenvalue weighted by atomic mass is 9.99. The Morgan fingerprint density at radius 2 is 0.984 bits per heavy atom. The lowest BCUT2D eigenvalue weighted by Crippen LogP contribution is -2.59. The summed E-state index contributed by atoms with van der Waals surface area (Å²) in [5.41, 5.74) is 0. The van der Waals surface area contributed by atoms with Crippen LogP contribution in [0.4, 0.5) is 0 Å². The molecule has 358 valence electrons. The minimum Gasteiger partial charge on any atom is -0.457 e. The van der Waals surface area contributed by atoms with Crippen LogP contribution in [-0.2, 0) is 23.7 Å². The molecule has 0 amide bonds. The summed E-state index contributed by atoms with van der Waals surface area (Å²) in [5, 5.41) is 40.2. The van der Waals surface area contributed by atoms with E-state index in [2.05, 4.69) is 86.8 Å². The number of aliphatic hydroxyl groups excluding tert-OH is 4. The standard InChI is InChI=1S/C53H92O9/c1-3-5-7-9-11-13-15-17-19-21-23-25-27-29-31-33-35-37-39-41-43-59-45-47(46-60-53-52(58)51(57)50(56)48(44-54)62-53)61-49(55)42-40-38-36-34-32-30-28-26-24-22-20-18-16-14-12-10-8-6-4-2/h6,8,11-14,17-20,24,26,47-48,50-54,56-58H,3-5,7,9-10,15-16,21-23,25,27-46H2,1-2H3/b8-6-,13-11-,14-12-,19-17-,20-18-,26-24-. The van der Waals surface area contributed by atoms with Gasteiger partial charge in [-0.15, -0.1) is 0 Å². The minimum atomic E-state index is -1.54. The Hall–Kier alpha value is -2.37. The Balaban J connectivity index is 2.24. The Bertz CT molecular complexity index is 1180. The van der Waals surface area contributed by atoms with Crippen molar-refractivity contribution >= 4 is 5.97 Å². The molecule has 6 atom stereocenters. The lowest BCUT2D eigenvalue weighted by Gasteiger charge is -2.39. The van der Waals surface area contributed by atoms with Gasteiger partial charge in [-0.25, -0.2) is 0 Å². The average Bonchev–Trinajstić information content (AvgIpc) is 3.27. The predicted molar refractivity (Wildman–Crippen MR) is 256 cm³/mol. The highest BCUT2D eigenvalue weighted by molar-refractivity contribution is 5.69. The molecule has 0 bridgehead atoms. The van der Waals surface area contributed by atoms with Gasteiger partial charge in [0.15, 0.2) is 6.29 Å². The van der Waals surface area contributed by atoms with E-state index in [9.17, 15) is 25.2 Å². The molecule has 1 fully saturated rings. The van der Waals surface area contributed by atoms with E-state index < -0.39 is 43.4 Å². The van der Waals surface area contributed by atoms with Crippen LogP contribution in [0.2, 0.25) is 0 Å². The van der Waals surface area contributed by atoms with E-state index in [1.165, 1.54) is 96.3 Å². The molecule has 9 heteroatoms. The van der Waals surface area contributed by atoms with Crippen LogP contribution in [0.3, 0.4) is 0 Å². The summed E-state index contributed by atoms with van der Waals surface area (Å²) in [4.78, 5) is 12.8. The number of aliphatic hydroxyl groups is 4. The number of allylic oxidation sites excluding steroid dienone is 12. The van der Waals surface area contributed by atoms with E-state index in [1.54, 1.807) is 0 Å². The first-order valence-electron chi connectivity index (χ1n) is 25.0. The van der Waals surface area contributed by atoms with Crippen LogP contribution in [0.15, 0.2) is 72.9 Å². The van der Waals surface area contributed by atoms with Crippen molar-refractivity contribution in [3.05, 3.63) is 72.9 Å². The molecule has 9 nitrogen and oxygen atoms in total. The average molecular weight is 873 g/mol. The van der Waals surface area contributed by atoms with Crippen LogP contribution >= 0.6 is 0 Å². The molecule has 6 unspecified atom stereocenters. The highest BCUT2D eigenvalue weighted by Gasteiger charge is 2.44. The Morgan fingerprint density at radius 1 is 0.532 bits per heavy atom. The van der Waals surface area contributed by atoms with Crippen molar-refractivity contribution < 1.29 is 44.2 Å². The summed E-state index contributed by atoms with van der Waals surface area (Å²) < 4.78 is 22.9. The van der Waals surface area contributed by atoms with Gasteiger partial charge >= 0.3 is 5.97 Å². The van der Waals surface area contributed by atoms with E-state index in [4.69, 9.17) is 18.9 Å². The van der Waals surface area contributed by atoms with Gasteiger partial charge in [0, 0.05) is 13.0 Å². The highest BCUT2D eigenvalue weighted by Crippen LogP contribution is 2.22. The van der Waals surface area contributed by atoms with Gasteiger partial charge in [-0.05, 0) is 83.5 Å². The van der Waals surface area contributed by atoms with E-state index in [1.807, 2.05) is 0 Å². The van der Waals surface area contributed by atoms with E-state index in [0.29, 0.717) is 13.0 Å². The number of ether oxygens (including phenoxy) is 4. The van der Waals surface area contributed by atoms with Crippen LogP contribution in [0.1, 0.15) is 194 Å². The van der Waals surface area contributed by atoms with Gasteiger partial charge < -0.3 is 39.4 Å². The Morgan fingerprint density at radius 3 is 1.48 bits per heavy atom. The van der Waals surface area contributed by atoms with Gasteiger partial charge in [-0.2, -0.15) is 0 Å². The maximum atomic E-state index is 12.8. The zero-order valence-corrected chi connectivity index (χ0v) is 39.3. The van der Waals surface area contributed by atoms with Crippen LogP contribution < -0.4 is 0 Å². The molecular weight excluding hydrogens is 781 g/mol. The van der Waals surface area contributed by atoms with Crippen molar-refractivity contribution in [2.75, 3.05) is 26.4 Å². The summed E-state index contributed by atoms with van der Waals surface area (Å²) >= 11 is 0. The van der Waals surface area contributed by atoms with Crippen LogP contribution in [0.5, 0.6) is 0 Å². The first-order valence-corrected chi connectivity index (χ1v) is 25.0. The Kier molecular flexibility index (Phi) is 40.8. The van der Waals surface area contributed by atoms with Gasteiger partial charge in [0.1, 0.15) is 30.5 Å². The number of rotatable bonds is 42. The monoisotopic (exact) mass is 873 g/mol. The molecular formula is C53H92O9.